The molecule has 0 unspecified atom stereocenters. The molecule has 1 saturated heterocycles. The number of nitro groups is 1. The molecule has 2 aliphatic carbocycles. The lowest BCUT2D eigenvalue weighted by Gasteiger charge is -2.31. The van der Waals surface area contributed by atoms with Crippen LogP contribution in [0.5, 0.6) is 11.5 Å². The number of hydrogen-bond acceptors (Lipinski definition) is 7. The van der Waals surface area contributed by atoms with E-state index in [1.807, 2.05) is 30.0 Å². The van der Waals surface area contributed by atoms with Crippen molar-refractivity contribution in [3.05, 3.63) is 67.0 Å². The van der Waals surface area contributed by atoms with Gasteiger partial charge in [0.15, 0.2) is 16.7 Å². The van der Waals surface area contributed by atoms with Gasteiger partial charge in [-0.15, -0.1) is 0 Å². The maximum atomic E-state index is 13.8. The van der Waals surface area contributed by atoms with Gasteiger partial charge in [0.1, 0.15) is 6.61 Å². The zero-order valence-electron chi connectivity index (χ0n) is 23.4. The number of amidine groups is 1. The van der Waals surface area contributed by atoms with E-state index in [1.54, 1.807) is 12.1 Å². The third-order valence-corrected chi connectivity index (χ3v) is 9.49. The minimum Gasteiger partial charge on any atom is -0.490 e. The summed E-state index contributed by atoms with van der Waals surface area (Å²) >= 11 is 5.16. The molecule has 0 bridgehead atoms. The van der Waals surface area contributed by atoms with E-state index >= 15 is 0 Å². The van der Waals surface area contributed by atoms with Gasteiger partial charge in [-0.3, -0.25) is 24.8 Å². The number of benzene rings is 2. The Morgan fingerprint density at radius 2 is 1.76 bits per heavy atom. The number of rotatable bonds is 9. The molecule has 1 amide bonds. The first-order chi connectivity index (χ1) is 19.9. The molecule has 3 aliphatic rings. The number of hydrogen-bond donors (Lipinski definition) is 0. The molecule has 0 N–H and O–H groups in total. The van der Waals surface area contributed by atoms with Crippen LogP contribution in [0.1, 0.15) is 82.3 Å². The first-order valence-corrected chi connectivity index (χ1v) is 16.2. The molecule has 0 atom stereocenters. The number of carbonyl (C=O) groups is 1. The van der Waals surface area contributed by atoms with Gasteiger partial charge in [-0.1, -0.05) is 66.6 Å². The molecule has 1 aliphatic heterocycles. The van der Waals surface area contributed by atoms with Gasteiger partial charge in [-0.2, -0.15) is 0 Å². The van der Waals surface area contributed by atoms with Crippen LogP contribution in [0.15, 0.2) is 50.8 Å². The number of non-ortho nitro benzene ring substituents is 1. The number of ether oxygens (including phenoxy) is 2. The zero-order chi connectivity index (χ0) is 28.8. The predicted molar refractivity (Wildman–Crippen MR) is 166 cm³/mol. The van der Waals surface area contributed by atoms with Crippen molar-refractivity contribution in [1.29, 1.82) is 0 Å². The van der Waals surface area contributed by atoms with Crippen molar-refractivity contribution in [1.82, 2.24) is 4.90 Å². The molecule has 1 heterocycles. The van der Waals surface area contributed by atoms with Crippen LogP contribution < -0.4 is 9.47 Å². The van der Waals surface area contributed by atoms with Crippen LogP contribution in [-0.4, -0.2) is 39.6 Å². The molecule has 2 aromatic carbocycles. The van der Waals surface area contributed by atoms with E-state index in [-0.39, 0.29) is 24.2 Å². The van der Waals surface area contributed by atoms with Gasteiger partial charge in [0.2, 0.25) is 0 Å². The van der Waals surface area contributed by atoms with E-state index in [0.717, 1.165) is 53.7 Å². The van der Waals surface area contributed by atoms with Crippen LogP contribution in [0.4, 0.5) is 5.69 Å². The Morgan fingerprint density at radius 1 is 1.05 bits per heavy atom. The van der Waals surface area contributed by atoms with Crippen LogP contribution in [0.3, 0.4) is 0 Å². The number of thioether (sulfide) groups is 1. The molecule has 0 aromatic heterocycles. The van der Waals surface area contributed by atoms with Crippen LogP contribution in [-0.2, 0) is 11.4 Å². The summed E-state index contributed by atoms with van der Waals surface area (Å²) in [6, 6.07) is 10.6. The standard InChI is InChI=1S/C31H36BrN3O5S/c1-2-39-27-17-22(26(32)19-28(27)40-20-21-10-9-15-25(16-21)35(37)38)18-29-30(36)34(24-13-7-4-8-14-24)31(41-29)33-23-11-5-3-6-12-23/h9-10,15-19,23-24H,2-8,11-14,20H2,1H3. The number of carbonyl (C=O) groups excluding carboxylic acids is 1. The normalized spacial score (nSPS) is 20.6. The Labute approximate surface area is 253 Å². The maximum absolute atomic E-state index is 13.8. The van der Waals surface area contributed by atoms with E-state index in [4.69, 9.17) is 14.5 Å². The Hall–Kier alpha value is -2.85. The number of nitrogens with zero attached hydrogens (tertiary/aromatic N) is 3. The van der Waals surface area contributed by atoms with Gasteiger partial charge in [-0.25, -0.2) is 0 Å². The quantitative estimate of drug-likeness (QED) is 0.155. The fourth-order valence-electron chi connectivity index (χ4n) is 5.71. The average Bonchev–Trinajstić information content (AvgIpc) is 3.28. The highest BCUT2D eigenvalue weighted by Crippen LogP contribution is 2.41. The highest BCUT2D eigenvalue weighted by Gasteiger charge is 2.39. The summed E-state index contributed by atoms with van der Waals surface area (Å²) in [6.45, 7) is 2.49. The van der Waals surface area contributed by atoms with Crippen molar-refractivity contribution >= 4 is 50.5 Å². The molecule has 0 spiro atoms. The maximum Gasteiger partial charge on any atom is 0.269 e. The van der Waals surface area contributed by atoms with E-state index in [1.165, 1.54) is 49.6 Å². The van der Waals surface area contributed by atoms with Crippen molar-refractivity contribution in [2.75, 3.05) is 6.61 Å². The van der Waals surface area contributed by atoms with Gasteiger partial charge >= 0.3 is 0 Å². The Morgan fingerprint density at radius 3 is 2.46 bits per heavy atom. The summed E-state index contributed by atoms with van der Waals surface area (Å²) in [6.07, 6.45) is 13.4. The topological polar surface area (TPSA) is 94.3 Å². The third-order valence-electron chi connectivity index (χ3n) is 7.81. The van der Waals surface area contributed by atoms with Crippen molar-refractivity contribution < 1.29 is 19.2 Å². The van der Waals surface area contributed by atoms with Crippen molar-refractivity contribution in [3.63, 3.8) is 0 Å². The second kappa shape index (κ2) is 13.9. The minimum atomic E-state index is -0.420. The lowest BCUT2D eigenvalue weighted by molar-refractivity contribution is -0.384. The number of nitro benzene ring substituents is 1. The first kappa shape index (κ1) is 29.6. The van der Waals surface area contributed by atoms with Gasteiger partial charge in [0.05, 0.1) is 22.5 Å². The van der Waals surface area contributed by atoms with Crippen LogP contribution in [0.2, 0.25) is 0 Å². The number of aliphatic imine (C=N–C) groups is 1. The fraction of sp³-hybridized carbons (Fsp3) is 0.484. The van der Waals surface area contributed by atoms with Gasteiger partial charge in [0, 0.05) is 22.6 Å². The molecule has 2 aromatic rings. The molecular weight excluding hydrogens is 606 g/mol. The lowest BCUT2D eigenvalue weighted by Crippen LogP contribution is -2.41. The number of amides is 1. The molecule has 3 fully saturated rings. The van der Waals surface area contributed by atoms with Gasteiger partial charge in [-0.05, 0) is 73.7 Å². The third kappa shape index (κ3) is 7.33. The highest BCUT2D eigenvalue weighted by molar-refractivity contribution is 9.10. The molecule has 2 saturated carbocycles. The average molecular weight is 643 g/mol. The van der Waals surface area contributed by atoms with E-state index in [0.29, 0.717) is 34.6 Å². The van der Waals surface area contributed by atoms with Crippen molar-refractivity contribution in [3.8, 4) is 11.5 Å². The SMILES string of the molecule is CCOc1cc(C=C2SC(=NC3CCCCC3)N(C3CCCCC3)C2=O)c(Br)cc1OCc1cccc([N+](=O)[O-])c1. The highest BCUT2D eigenvalue weighted by atomic mass is 79.9. The van der Waals surface area contributed by atoms with Crippen LogP contribution in [0.25, 0.3) is 6.08 Å². The molecule has 41 heavy (non-hydrogen) atoms. The van der Waals surface area contributed by atoms with E-state index < -0.39 is 4.92 Å². The summed E-state index contributed by atoms with van der Waals surface area (Å²) in [5, 5.41) is 12.0. The molecule has 218 valence electrons. The van der Waals surface area contributed by atoms with Crippen LogP contribution >= 0.6 is 27.7 Å². The second-order valence-corrected chi connectivity index (χ2v) is 12.6. The second-order valence-electron chi connectivity index (χ2n) is 10.8. The van der Waals surface area contributed by atoms with Crippen LogP contribution in [0, 0.1) is 10.1 Å². The largest absolute Gasteiger partial charge is 0.490 e. The monoisotopic (exact) mass is 641 g/mol. The first-order valence-electron chi connectivity index (χ1n) is 14.6. The van der Waals surface area contributed by atoms with Crippen molar-refractivity contribution in [2.24, 2.45) is 4.99 Å². The summed E-state index contributed by atoms with van der Waals surface area (Å²) < 4.78 is 12.7. The van der Waals surface area contributed by atoms with Gasteiger partial charge in [0.25, 0.3) is 11.6 Å². The zero-order valence-corrected chi connectivity index (χ0v) is 25.8. The summed E-state index contributed by atoms with van der Waals surface area (Å²) in [7, 11) is 0. The molecule has 5 rings (SSSR count). The molecule has 0 radical (unpaired) electrons. The summed E-state index contributed by atoms with van der Waals surface area (Å²) in [5.41, 5.74) is 1.52. The predicted octanol–water partition coefficient (Wildman–Crippen LogP) is 8.27. The summed E-state index contributed by atoms with van der Waals surface area (Å²) in [4.78, 5) is 32.3. The van der Waals surface area contributed by atoms with E-state index in [2.05, 4.69) is 15.9 Å². The Balaban J connectivity index is 1.40. The Bertz CT molecular complexity index is 1340. The fourth-order valence-corrected chi connectivity index (χ4v) is 7.25. The van der Waals surface area contributed by atoms with E-state index in [9.17, 15) is 14.9 Å². The molecular formula is C31H36BrN3O5S. The summed E-state index contributed by atoms with van der Waals surface area (Å²) in [5.74, 6) is 1.09. The van der Waals surface area contributed by atoms with Gasteiger partial charge < -0.3 is 9.47 Å². The molecule has 8 nitrogen and oxygen atoms in total. The lowest BCUT2D eigenvalue weighted by atomic mass is 9.94. The van der Waals surface area contributed by atoms with Crippen molar-refractivity contribution in [2.45, 2.75) is 89.8 Å². The number of halogens is 1. The smallest absolute Gasteiger partial charge is 0.269 e. The molecule has 10 heteroatoms. The minimum absolute atomic E-state index is 0.0201. The Kier molecular flexibility index (Phi) is 10.0.